The lowest BCUT2D eigenvalue weighted by atomic mass is 10.1. The van der Waals surface area contributed by atoms with Crippen LogP contribution in [0.25, 0.3) is 0 Å². The molecule has 3 rings (SSSR count). The number of anilines is 2. The van der Waals surface area contributed by atoms with E-state index in [9.17, 15) is 9.59 Å². The lowest BCUT2D eigenvalue weighted by molar-refractivity contribution is -0.117. The number of carbonyl (C=O) groups is 2. The van der Waals surface area contributed by atoms with Crippen molar-refractivity contribution in [2.24, 2.45) is 0 Å². The lowest BCUT2D eigenvalue weighted by Gasteiger charge is -2.28. The van der Waals surface area contributed by atoms with Crippen molar-refractivity contribution in [2.45, 2.75) is 39.7 Å². The fourth-order valence-electron chi connectivity index (χ4n) is 3.68. The summed E-state index contributed by atoms with van der Waals surface area (Å²) in [5.74, 6) is 0.350. The minimum absolute atomic E-state index is 0.0583. The Labute approximate surface area is 183 Å². The highest BCUT2D eigenvalue weighted by atomic mass is 16.7. The molecule has 1 fully saturated rings. The van der Waals surface area contributed by atoms with Gasteiger partial charge in [0.1, 0.15) is 11.4 Å². The van der Waals surface area contributed by atoms with E-state index >= 15 is 0 Å². The van der Waals surface area contributed by atoms with Crippen molar-refractivity contribution < 1.29 is 19.2 Å². The molecule has 0 radical (unpaired) electrons. The van der Waals surface area contributed by atoms with Crippen LogP contribution in [0.3, 0.4) is 0 Å². The molecule has 7 heteroatoms. The zero-order valence-corrected chi connectivity index (χ0v) is 18.5. The summed E-state index contributed by atoms with van der Waals surface area (Å²) >= 11 is 0. The van der Waals surface area contributed by atoms with Crippen molar-refractivity contribution >= 4 is 23.2 Å². The highest BCUT2D eigenvalue weighted by Crippen LogP contribution is 2.39. The molecule has 1 heterocycles. The van der Waals surface area contributed by atoms with E-state index in [0.29, 0.717) is 55.3 Å². The highest BCUT2D eigenvalue weighted by Gasteiger charge is 2.28. The number of hydroxylamine groups is 1. The van der Waals surface area contributed by atoms with Crippen LogP contribution >= 0.6 is 0 Å². The molecule has 0 bridgehead atoms. The molecule has 0 aliphatic carbocycles. The maximum atomic E-state index is 13.1. The number of carbonyl (C=O) groups excluding carboxylic acids is 2. The van der Waals surface area contributed by atoms with Gasteiger partial charge < -0.3 is 15.0 Å². The van der Waals surface area contributed by atoms with Crippen molar-refractivity contribution in [3.8, 4) is 5.75 Å². The topological polar surface area (TPSA) is 71.1 Å². The summed E-state index contributed by atoms with van der Waals surface area (Å²) in [7, 11) is 1.57. The van der Waals surface area contributed by atoms with Crippen molar-refractivity contribution in [1.29, 1.82) is 0 Å². The predicted octanol–water partition coefficient (Wildman–Crippen LogP) is 3.92. The van der Waals surface area contributed by atoms with Gasteiger partial charge in [0.05, 0.1) is 25.8 Å². The van der Waals surface area contributed by atoms with Gasteiger partial charge in [0.2, 0.25) is 5.91 Å². The number of benzene rings is 2. The first-order valence-electron chi connectivity index (χ1n) is 10.8. The second kappa shape index (κ2) is 10.8. The zero-order chi connectivity index (χ0) is 22.2. The van der Waals surface area contributed by atoms with E-state index in [1.807, 2.05) is 50.2 Å². The molecule has 0 unspecified atom stereocenters. The molecule has 2 aromatic rings. The molecule has 1 N–H and O–H groups in total. The quantitative estimate of drug-likeness (QED) is 0.584. The molecule has 31 heavy (non-hydrogen) atoms. The Balaban J connectivity index is 2.10. The minimum atomic E-state index is -0.221. The summed E-state index contributed by atoms with van der Waals surface area (Å²) < 4.78 is 5.95. The van der Waals surface area contributed by atoms with Gasteiger partial charge in [-0.05, 0) is 31.4 Å². The first-order valence-corrected chi connectivity index (χ1v) is 10.8. The second-order valence-electron chi connectivity index (χ2n) is 7.38. The van der Waals surface area contributed by atoms with Gasteiger partial charge in [-0.15, -0.1) is 0 Å². The largest absolute Gasteiger partial charge is 0.492 e. The Morgan fingerprint density at radius 3 is 2.58 bits per heavy atom. The van der Waals surface area contributed by atoms with Gasteiger partial charge in [0, 0.05) is 31.3 Å². The average Bonchev–Trinajstić information content (AvgIpc) is 3.22. The molecule has 1 saturated heterocycles. The molecule has 7 nitrogen and oxygen atoms in total. The van der Waals surface area contributed by atoms with Crippen LogP contribution in [-0.4, -0.2) is 38.6 Å². The normalized spacial score (nSPS) is 13.4. The average molecular weight is 426 g/mol. The first-order chi connectivity index (χ1) is 15.1. The molecule has 2 amide bonds. The molecular formula is C24H31N3O4. The van der Waals surface area contributed by atoms with E-state index in [2.05, 4.69) is 5.32 Å². The van der Waals surface area contributed by atoms with Gasteiger partial charge in [0.25, 0.3) is 5.91 Å². The van der Waals surface area contributed by atoms with Gasteiger partial charge >= 0.3 is 0 Å². The van der Waals surface area contributed by atoms with E-state index in [1.54, 1.807) is 23.1 Å². The number of rotatable bonds is 10. The van der Waals surface area contributed by atoms with Crippen LogP contribution in [0.15, 0.2) is 42.5 Å². The number of ether oxygens (including phenoxy) is 1. The summed E-state index contributed by atoms with van der Waals surface area (Å²) in [6.07, 6.45) is 2.14. The van der Waals surface area contributed by atoms with Crippen LogP contribution in [0, 0.1) is 0 Å². The number of hydrogen-bond acceptors (Lipinski definition) is 5. The number of hydrogen-bond donors (Lipinski definition) is 1. The number of nitrogens with zero attached hydrogens (tertiary/aromatic N) is 2. The third kappa shape index (κ3) is 5.35. The Morgan fingerprint density at radius 1 is 1.19 bits per heavy atom. The smallest absolute Gasteiger partial charge is 0.253 e. The Kier molecular flexibility index (Phi) is 7.89. The van der Waals surface area contributed by atoms with E-state index in [-0.39, 0.29) is 11.8 Å². The zero-order valence-electron chi connectivity index (χ0n) is 18.5. The fraction of sp³-hybridized carbons (Fsp3) is 0.417. The molecule has 0 aromatic heterocycles. The van der Waals surface area contributed by atoms with Gasteiger partial charge in [-0.3, -0.25) is 14.4 Å². The maximum Gasteiger partial charge on any atom is 0.253 e. The van der Waals surface area contributed by atoms with E-state index < -0.39 is 0 Å². The van der Waals surface area contributed by atoms with Crippen LogP contribution in [0.5, 0.6) is 5.75 Å². The van der Waals surface area contributed by atoms with Crippen molar-refractivity contribution in [3.63, 3.8) is 0 Å². The summed E-state index contributed by atoms with van der Waals surface area (Å²) in [4.78, 5) is 32.9. The molecule has 1 aliphatic heterocycles. The van der Waals surface area contributed by atoms with Gasteiger partial charge in [-0.1, -0.05) is 37.3 Å². The molecule has 1 aliphatic rings. The van der Waals surface area contributed by atoms with E-state index in [0.717, 1.165) is 18.4 Å². The highest BCUT2D eigenvalue weighted by molar-refractivity contribution is 6.04. The second-order valence-corrected chi connectivity index (χ2v) is 7.38. The first kappa shape index (κ1) is 22.6. The summed E-state index contributed by atoms with van der Waals surface area (Å²) in [6.45, 7) is 5.95. The van der Waals surface area contributed by atoms with Crippen molar-refractivity contribution in [3.05, 3.63) is 53.6 Å². The monoisotopic (exact) mass is 425 g/mol. The van der Waals surface area contributed by atoms with E-state index in [4.69, 9.17) is 9.57 Å². The SMILES string of the molecule is CCCNC(=O)c1cc(N2CCCC2=O)cc(OCC)c1N(Cc1ccccc1)OC. The third-order valence-corrected chi connectivity index (χ3v) is 5.16. The van der Waals surface area contributed by atoms with E-state index in [1.165, 1.54) is 0 Å². The van der Waals surface area contributed by atoms with Crippen molar-refractivity contribution in [1.82, 2.24) is 5.32 Å². The van der Waals surface area contributed by atoms with Crippen molar-refractivity contribution in [2.75, 3.05) is 36.8 Å². The molecule has 0 atom stereocenters. The molecular weight excluding hydrogens is 394 g/mol. The fourth-order valence-corrected chi connectivity index (χ4v) is 3.68. The predicted molar refractivity (Wildman–Crippen MR) is 121 cm³/mol. The maximum absolute atomic E-state index is 13.1. The molecule has 2 aromatic carbocycles. The van der Waals surface area contributed by atoms with Gasteiger partial charge in [-0.2, -0.15) is 0 Å². The number of nitrogens with one attached hydrogen (secondary N) is 1. The minimum Gasteiger partial charge on any atom is -0.492 e. The van der Waals surface area contributed by atoms with Crippen LogP contribution < -0.4 is 20.0 Å². The number of amides is 2. The van der Waals surface area contributed by atoms with Gasteiger partial charge in [0.15, 0.2) is 0 Å². The summed E-state index contributed by atoms with van der Waals surface area (Å²) in [5, 5.41) is 4.61. The lowest BCUT2D eigenvalue weighted by Crippen LogP contribution is -2.30. The molecule has 0 spiro atoms. The summed E-state index contributed by atoms with van der Waals surface area (Å²) in [5.41, 5.74) is 2.68. The Morgan fingerprint density at radius 2 is 1.97 bits per heavy atom. The Hall–Kier alpha value is -3.06. The molecule has 0 saturated carbocycles. The van der Waals surface area contributed by atoms with Crippen LogP contribution in [0.2, 0.25) is 0 Å². The standard InChI is InChI=1S/C24H31N3O4/c1-4-13-25-24(29)20-15-19(26-14-9-12-22(26)28)16-21(31-5-2)23(20)27(30-3)17-18-10-7-6-8-11-18/h6-8,10-11,15-16H,4-5,9,12-14,17H2,1-3H3,(H,25,29). The van der Waals surface area contributed by atoms with Crippen LogP contribution in [0.1, 0.15) is 49.0 Å². The third-order valence-electron chi connectivity index (χ3n) is 5.16. The Bertz CT molecular complexity index is 901. The van der Waals surface area contributed by atoms with Gasteiger partial charge in [-0.25, -0.2) is 5.06 Å². The summed E-state index contributed by atoms with van der Waals surface area (Å²) in [6, 6.07) is 13.5. The van der Waals surface area contributed by atoms with Crippen LogP contribution in [0.4, 0.5) is 11.4 Å². The molecule has 166 valence electrons. The van der Waals surface area contributed by atoms with Crippen LogP contribution in [-0.2, 0) is 16.2 Å².